The fraction of sp³-hybridized carbons (Fsp3) is 0.357. The SMILES string of the molecule is O=c1[nH]cnc(CC(CNCC(F)F)c2ccc(C#Cc3ccc(CN4CCOCC4)cc3)cc2F)c1O. The summed E-state index contributed by atoms with van der Waals surface area (Å²) in [6.45, 7) is 3.59. The zero-order valence-corrected chi connectivity index (χ0v) is 20.7. The smallest absolute Gasteiger partial charge is 0.293 e. The zero-order chi connectivity index (χ0) is 26.9. The number of nitrogens with zero attached hydrogens (tertiary/aromatic N) is 2. The predicted molar refractivity (Wildman–Crippen MR) is 137 cm³/mol. The number of hydrogen-bond donors (Lipinski definition) is 3. The van der Waals surface area contributed by atoms with Gasteiger partial charge in [-0.1, -0.05) is 30.0 Å². The van der Waals surface area contributed by atoms with Crippen LogP contribution in [0, 0.1) is 17.7 Å². The van der Waals surface area contributed by atoms with E-state index < -0.39 is 36.0 Å². The van der Waals surface area contributed by atoms with Gasteiger partial charge in [-0.25, -0.2) is 18.2 Å². The summed E-state index contributed by atoms with van der Waals surface area (Å²) in [6.07, 6.45) is -1.46. The fourth-order valence-corrected chi connectivity index (χ4v) is 4.26. The molecule has 0 spiro atoms. The second-order valence-corrected chi connectivity index (χ2v) is 9.05. The van der Waals surface area contributed by atoms with E-state index in [2.05, 4.69) is 32.0 Å². The minimum absolute atomic E-state index is 0.00297. The largest absolute Gasteiger partial charge is 0.502 e. The van der Waals surface area contributed by atoms with Crippen LogP contribution in [0.3, 0.4) is 0 Å². The van der Waals surface area contributed by atoms with Crippen molar-refractivity contribution < 1.29 is 23.0 Å². The molecular weight excluding hydrogens is 497 g/mol. The number of alkyl halides is 2. The molecule has 1 atom stereocenters. The van der Waals surface area contributed by atoms with Crippen molar-refractivity contribution in [3.63, 3.8) is 0 Å². The van der Waals surface area contributed by atoms with Crippen LogP contribution in [-0.2, 0) is 17.7 Å². The van der Waals surface area contributed by atoms with Gasteiger partial charge in [-0.05, 0) is 35.4 Å². The molecule has 7 nitrogen and oxygen atoms in total. The Morgan fingerprint density at radius 3 is 2.50 bits per heavy atom. The van der Waals surface area contributed by atoms with Crippen molar-refractivity contribution in [2.45, 2.75) is 25.3 Å². The maximum absolute atomic E-state index is 15.2. The van der Waals surface area contributed by atoms with Crippen molar-refractivity contribution in [2.24, 2.45) is 0 Å². The lowest BCUT2D eigenvalue weighted by Crippen LogP contribution is -2.35. The molecule has 0 saturated carbocycles. The zero-order valence-electron chi connectivity index (χ0n) is 20.7. The Balaban J connectivity index is 1.47. The van der Waals surface area contributed by atoms with Crippen molar-refractivity contribution in [1.29, 1.82) is 0 Å². The molecule has 38 heavy (non-hydrogen) atoms. The van der Waals surface area contributed by atoms with Crippen LogP contribution in [0.1, 0.15) is 33.9 Å². The summed E-state index contributed by atoms with van der Waals surface area (Å²) in [7, 11) is 0. The Labute approximate surface area is 218 Å². The van der Waals surface area contributed by atoms with Crippen LogP contribution >= 0.6 is 0 Å². The number of H-pyrrole nitrogens is 1. The van der Waals surface area contributed by atoms with Crippen LogP contribution in [-0.4, -0.2) is 65.8 Å². The minimum atomic E-state index is -2.57. The number of morpholine rings is 1. The number of aromatic nitrogens is 2. The fourth-order valence-electron chi connectivity index (χ4n) is 4.26. The highest BCUT2D eigenvalue weighted by Gasteiger charge is 2.21. The van der Waals surface area contributed by atoms with Crippen molar-refractivity contribution in [3.8, 4) is 17.6 Å². The van der Waals surface area contributed by atoms with Gasteiger partial charge < -0.3 is 20.1 Å². The first-order valence-electron chi connectivity index (χ1n) is 12.3. The minimum Gasteiger partial charge on any atom is -0.502 e. The molecule has 2 aromatic carbocycles. The lowest BCUT2D eigenvalue weighted by atomic mass is 9.92. The van der Waals surface area contributed by atoms with Gasteiger partial charge >= 0.3 is 0 Å². The van der Waals surface area contributed by atoms with Gasteiger partial charge in [0.1, 0.15) is 5.82 Å². The van der Waals surface area contributed by atoms with E-state index in [1.165, 1.54) is 11.6 Å². The van der Waals surface area contributed by atoms with Crippen LogP contribution in [0.15, 0.2) is 53.6 Å². The monoisotopic (exact) mass is 526 g/mol. The molecule has 1 saturated heterocycles. The van der Waals surface area contributed by atoms with Gasteiger partial charge in [0.05, 0.1) is 31.8 Å². The molecule has 0 radical (unpaired) electrons. The standard InChI is InChI=1S/C28H29F3N4O3/c29-24-13-20(4-1-19-2-5-21(6-3-19)17-35-9-11-38-12-10-35)7-8-23(24)22(15-32-16-26(30)31)14-25-27(36)28(37)34-18-33-25/h2-3,5-8,13,18,22,26,32,36H,9-12,14-17H2,(H,33,34,37). The molecule has 4 rings (SSSR count). The topological polar surface area (TPSA) is 90.5 Å². The third-order valence-electron chi connectivity index (χ3n) is 6.29. The van der Waals surface area contributed by atoms with E-state index in [0.717, 1.165) is 44.7 Å². The van der Waals surface area contributed by atoms with Crippen LogP contribution in [0.4, 0.5) is 13.2 Å². The van der Waals surface area contributed by atoms with E-state index in [1.807, 2.05) is 24.3 Å². The van der Waals surface area contributed by atoms with Gasteiger partial charge in [-0.2, -0.15) is 0 Å². The van der Waals surface area contributed by atoms with E-state index in [1.54, 1.807) is 12.1 Å². The van der Waals surface area contributed by atoms with Crippen LogP contribution < -0.4 is 10.9 Å². The van der Waals surface area contributed by atoms with E-state index in [-0.39, 0.29) is 24.2 Å². The van der Waals surface area contributed by atoms with Crippen LogP contribution in [0.25, 0.3) is 0 Å². The molecule has 10 heteroatoms. The Kier molecular flexibility index (Phi) is 9.54. The highest BCUT2D eigenvalue weighted by molar-refractivity contribution is 5.45. The number of nitrogens with one attached hydrogen (secondary N) is 2. The molecule has 0 bridgehead atoms. The predicted octanol–water partition coefficient (Wildman–Crippen LogP) is 3.03. The van der Waals surface area contributed by atoms with Crippen molar-refractivity contribution in [3.05, 3.63) is 92.9 Å². The number of aromatic hydroxyl groups is 1. The highest BCUT2D eigenvalue weighted by atomic mass is 19.3. The van der Waals surface area contributed by atoms with E-state index in [4.69, 9.17) is 4.74 Å². The summed E-state index contributed by atoms with van der Waals surface area (Å²) in [6, 6.07) is 12.4. The number of aromatic amines is 1. The van der Waals surface area contributed by atoms with Gasteiger partial charge in [-0.3, -0.25) is 9.69 Å². The van der Waals surface area contributed by atoms with E-state index >= 15 is 4.39 Å². The van der Waals surface area contributed by atoms with Crippen molar-refractivity contribution in [1.82, 2.24) is 20.2 Å². The van der Waals surface area contributed by atoms with E-state index in [0.29, 0.717) is 5.56 Å². The summed E-state index contributed by atoms with van der Waals surface area (Å²) < 4.78 is 45.9. The molecule has 1 aliphatic rings. The Bertz CT molecular complexity index is 1330. The van der Waals surface area contributed by atoms with Gasteiger partial charge in [0.15, 0.2) is 0 Å². The maximum atomic E-state index is 15.2. The van der Waals surface area contributed by atoms with E-state index in [9.17, 15) is 18.7 Å². The first-order valence-corrected chi connectivity index (χ1v) is 12.3. The number of halogens is 3. The molecule has 3 aromatic rings. The average Bonchev–Trinajstić information content (AvgIpc) is 2.91. The molecule has 0 aliphatic carbocycles. The van der Waals surface area contributed by atoms with Crippen LogP contribution in [0.5, 0.6) is 5.75 Å². The molecule has 2 heterocycles. The summed E-state index contributed by atoms with van der Waals surface area (Å²) in [5.41, 5.74) is 2.00. The third-order valence-corrected chi connectivity index (χ3v) is 6.29. The van der Waals surface area contributed by atoms with Crippen molar-refractivity contribution >= 4 is 0 Å². The molecule has 1 unspecified atom stereocenters. The molecule has 1 fully saturated rings. The number of rotatable bonds is 9. The average molecular weight is 527 g/mol. The van der Waals surface area contributed by atoms with Gasteiger partial charge in [0.2, 0.25) is 5.75 Å². The molecule has 3 N–H and O–H groups in total. The molecule has 0 amide bonds. The maximum Gasteiger partial charge on any atom is 0.293 e. The van der Waals surface area contributed by atoms with Gasteiger partial charge in [0, 0.05) is 49.6 Å². The first-order chi connectivity index (χ1) is 18.4. The third kappa shape index (κ3) is 7.68. The second-order valence-electron chi connectivity index (χ2n) is 9.05. The molecule has 1 aromatic heterocycles. The lowest BCUT2D eigenvalue weighted by Gasteiger charge is -2.26. The molecular formula is C28H29F3N4O3. The summed E-state index contributed by atoms with van der Waals surface area (Å²) in [4.78, 5) is 20.3. The number of ether oxygens (including phenoxy) is 1. The summed E-state index contributed by atoms with van der Waals surface area (Å²) >= 11 is 0. The summed E-state index contributed by atoms with van der Waals surface area (Å²) in [5.74, 6) is 4.20. The normalized spacial score (nSPS) is 14.7. The summed E-state index contributed by atoms with van der Waals surface area (Å²) in [5, 5.41) is 12.6. The second kappa shape index (κ2) is 13.2. The van der Waals surface area contributed by atoms with Gasteiger partial charge in [-0.15, -0.1) is 0 Å². The Morgan fingerprint density at radius 1 is 1.08 bits per heavy atom. The number of hydrogen-bond acceptors (Lipinski definition) is 6. The Hall–Kier alpha value is -3.65. The molecule has 1 aliphatic heterocycles. The van der Waals surface area contributed by atoms with Crippen molar-refractivity contribution in [2.75, 3.05) is 39.4 Å². The number of benzene rings is 2. The lowest BCUT2D eigenvalue weighted by molar-refractivity contribution is 0.0342. The van der Waals surface area contributed by atoms with Gasteiger partial charge in [0.25, 0.3) is 12.0 Å². The van der Waals surface area contributed by atoms with Crippen LogP contribution in [0.2, 0.25) is 0 Å². The first kappa shape index (κ1) is 27.4. The highest BCUT2D eigenvalue weighted by Crippen LogP contribution is 2.25. The quantitative estimate of drug-likeness (QED) is 0.372. The molecule has 200 valence electrons. The Morgan fingerprint density at radius 2 is 1.79 bits per heavy atom.